The summed E-state index contributed by atoms with van der Waals surface area (Å²) < 4.78 is 60.9. The Hall–Kier alpha value is -1.79. The predicted octanol–water partition coefficient (Wildman–Crippen LogP) is 3.43. The Labute approximate surface area is 183 Å². The summed E-state index contributed by atoms with van der Waals surface area (Å²) in [7, 11) is 0. The van der Waals surface area contributed by atoms with Crippen LogP contribution in [0.1, 0.15) is 78.1 Å². The van der Waals surface area contributed by atoms with Crippen molar-refractivity contribution in [2.45, 2.75) is 70.3 Å². The van der Waals surface area contributed by atoms with E-state index in [0.29, 0.717) is 31.1 Å². The van der Waals surface area contributed by atoms with E-state index in [1.54, 1.807) is 0 Å². The molecule has 0 aromatic heterocycles. The zero-order valence-corrected chi connectivity index (χ0v) is 17.1. The molecule has 0 aliphatic carbocycles. The van der Waals surface area contributed by atoms with Gasteiger partial charge >= 0.3 is 0 Å². The SMILES string of the molecule is [2H]C1([2H])CN(C[C@@]([2H])(NC(=O)CCCCCCC)[C@]([2H])(O)c2ccc3c(c2)OCCO3)CC1([2H])[2H]. The summed E-state index contributed by atoms with van der Waals surface area (Å²) >= 11 is 0. The Morgan fingerprint density at radius 1 is 1.21 bits per heavy atom. The molecule has 6 nitrogen and oxygen atoms in total. The lowest BCUT2D eigenvalue weighted by Gasteiger charge is -2.29. The number of carbonyl (C=O) groups excluding carboxylic acids is 1. The number of carbonyl (C=O) groups is 1. The summed E-state index contributed by atoms with van der Waals surface area (Å²) in [6.45, 7) is 1.66. The highest BCUT2D eigenvalue weighted by Crippen LogP contribution is 2.33. The van der Waals surface area contributed by atoms with Gasteiger partial charge in [0.05, 0.1) is 8.76 Å². The number of likely N-dealkylation sites (tertiary alicyclic amines) is 1. The first-order chi connectivity index (χ1) is 16.3. The van der Waals surface area contributed by atoms with Gasteiger partial charge in [-0.3, -0.25) is 4.79 Å². The molecule has 0 unspecified atom stereocenters. The highest BCUT2D eigenvalue weighted by Gasteiger charge is 2.27. The summed E-state index contributed by atoms with van der Waals surface area (Å²) in [6.07, 6.45) is -2.27. The number of benzene rings is 1. The predicted molar refractivity (Wildman–Crippen MR) is 113 cm³/mol. The number of ether oxygens (including phenoxy) is 2. The molecular weight excluding hydrogens is 368 g/mol. The monoisotopic (exact) mass is 410 g/mol. The lowest BCUT2D eigenvalue weighted by atomic mass is 10.0. The Kier molecular flexibility index (Phi) is 5.93. The number of hydrogen-bond acceptors (Lipinski definition) is 5. The van der Waals surface area contributed by atoms with Crippen LogP contribution in [-0.2, 0) is 4.79 Å². The third-order valence-electron chi connectivity index (χ3n) is 5.01. The van der Waals surface area contributed by atoms with Crippen LogP contribution in [-0.4, -0.2) is 54.8 Å². The van der Waals surface area contributed by atoms with Crippen LogP contribution >= 0.6 is 0 Å². The van der Waals surface area contributed by atoms with E-state index >= 15 is 0 Å². The smallest absolute Gasteiger partial charge is 0.220 e. The van der Waals surface area contributed by atoms with E-state index in [1.165, 1.54) is 23.1 Å². The lowest BCUT2D eigenvalue weighted by molar-refractivity contribution is -0.123. The van der Waals surface area contributed by atoms with Crippen LogP contribution in [0.2, 0.25) is 0 Å². The fraction of sp³-hybridized carbons (Fsp3) is 0.696. The van der Waals surface area contributed by atoms with E-state index in [-0.39, 0.29) is 25.1 Å². The molecule has 1 amide bonds. The van der Waals surface area contributed by atoms with Crippen molar-refractivity contribution in [2.24, 2.45) is 0 Å². The lowest BCUT2D eigenvalue weighted by Crippen LogP contribution is -2.46. The molecule has 1 fully saturated rings. The highest BCUT2D eigenvalue weighted by molar-refractivity contribution is 5.76. The van der Waals surface area contributed by atoms with Crippen molar-refractivity contribution >= 4 is 5.91 Å². The summed E-state index contributed by atoms with van der Waals surface area (Å²) in [5, 5.41) is 13.9. The van der Waals surface area contributed by atoms with Crippen molar-refractivity contribution in [2.75, 3.05) is 32.8 Å². The van der Waals surface area contributed by atoms with E-state index in [2.05, 4.69) is 12.2 Å². The van der Waals surface area contributed by atoms with Gasteiger partial charge in [-0.05, 0) is 50.0 Å². The molecule has 2 atom stereocenters. The molecular formula is C23H36N2O4. The largest absolute Gasteiger partial charge is 0.486 e. The second-order valence-electron chi connectivity index (χ2n) is 7.40. The van der Waals surface area contributed by atoms with Gasteiger partial charge < -0.3 is 24.8 Å². The molecule has 3 rings (SSSR count). The highest BCUT2D eigenvalue weighted by atomic mass is 16.6. The zero-order valence-electron chi connectivity index (χ0n) is 23.1. The van der Waals surface area contributed by atoms with Gasteiger partial charge in [0.1, 0.15) is 19.3 Å². The first-order valence-electron chi connectivity index (χ1n) is 13.5. The molecule has 0 bridgehead atoms. The van der Waals surface area contributed by atoms with Crippen LogP contribution in [0.15, 0.2) is 18.2 Å². The number of fused-ring (bicyclic) bond motifs is 1. The number of aliphatic hydroxyl groups is 1. The molecule has 2 aliphatic rings. The maximum absolute atomic E-state index is 12.8. The third-order valence-corrected chi connectivity index (χ3v) is 5.01. The fourth-order valence-corrected chi connectivity index (χ4v) is 3.39. The molecule has 1 saturated heterocycles. The normalized spacial score (nSPS) is 27.1. The fourth-order valence-electron chi connectivity index (χ4n) is 3.39. The number of nitrogens with one attached hydrogen (secondary N) is 1. The minimum atomic E-state index is -2.65. The van der Waals surface area contributed by atoms with Crippen molar-refractivity contribution in [3.8, 4) is 11.5 Å². The number of hydrogen-bond donors (Lipinski definition) is 2. The van der Waals surface area contributed by atoms with Crippen molar-refractivity contribution in [3.63, 3.8) is 0 Å². The standard InChI is InChI=1S/C23H36N2O4/c1-2-3-4-5-6-9-22(26)24-19(17-25-12-7-8-13-25)23(27)18-10-11-20-21(16-18)29-15-14-28-20/h10-11,16,19,23,27H,2-9,12-15,17H2,1H3,(H,24,26)/t19-,23-/m1/s1/i7D2,8D2,19D,23D. The minimum absolute atomic E-state index is 0.00483. The van der Waals surface area contributed by atoms with Gasteiger partial charge in [0.2, 0.25) is 5.91 Å². The Morgan fingerprint density at radius 3 is 2.69 bits per heavy atom. The topological polar surface area (TPSA) is 71.0 Å². The van der Waals surface area contributed by atoms with E-state index in [1.807, 2.05) is 0 Å². The molecule has 0 spiro atoms. The number of rotatable bonds is 11. The van der Waals surface area contributed by atoms with Gasteiger partial charge in [-0.2, -0.15) is 0 Å². The van der Waals surface area contributed by atoms with E-state index < -0.39 is 37.3 Å². The second kappa shape index (κ2) is 11.4. The van der Waals surface area contributed by atoms with Crippen molar-refractivity contribution in [1.82, 2.24) is 10.2 Å². The van der Waals surface area contributed by atoms with E-state index in [9.17, 15) is 9.90 Å². The van der Waals surface area contributed by atoms with Gasteiger partial charge in [-0.25, -0.2) is 0 Å². The molecule has 1 aromatic rings. The quantitative estimate of drug-likeness (QED) is 0.547. The van der Waals surface area contributed by atoms with Crippen LogP contribution in [0.5, 0.6) is 11.5 Å². The van der Waals surface area contributed by atoms with Crippen molar-refractivity contribution < 1.29 is 27.6 Å². The van der Waals surface area contributed by atoms with Gasteiger partial charge in [-0.15, -0.1) is 0 Å². The van der Waals surface area contributed by atoms with Crippen molar-refractivity contribution in [1.29, 1.82) is 0 Å². The summed E-state index contributed by atoms with van der Waals surface area (Å²) in [6, 6.07) is 2.06. The van der Waals surface area contributed by atoms with E-state index in [4.69, 9.17) is 17.7 Å². The molecule has 0 radical (unpaired) electrons. The maximum Gasteiger partial charge on any atom is 0.220 e. The Morgan fingerprint density at radius 2 is 1.93 bits per heavy atom. The minimum Gasteiger partial charge on any atom is -0.486 e. The molecule has 6 heteroatoms. The van der Waals surface area contributed by atoms with E-state index in [0.717, 1.165) is 25.7 Å². The molecule has 1 aromatic carbocycles. The molecule has 0 saturated carbocycles. The van der Waals surface area contributed by atoms with Crippen LogP contribution in [0.3, 0.4) is 0 Å². The van der Waals surface area contributed by atoms with Crippen LogP contribution in [0.4, 0.5) is 0 Å². The van der Waals surface area contributed by atoms with Crippen LogP contribution in [0.25, 0.3) is 0 Å². The van der Waals surface area contributed by atoms with Crippen molar-refractivity contribution in [3.05, 3.63) is 23.8 Å². The number of amides is 1. The number of nitrogens with zero attached hydrogens (tertiary/aromatic N) is 1. The first-order valence-corrected chi connectivity index (χ1v) is 10.5. The average Bonchev–Trinajstić information content (AvgIpc) is 2.98. The van der Waals surface area contributed by atoms with Gasteiger partial charge in [0.25, 0.3) is 0 Å². The molecule has 29 heavy (non-hydrogen) atoms. The maximum atomic E-state index is 12.8. The summed E-state index contributed by atoms with van der Waals surface area (Å²) in [5.74, 6) is 0.270. The van der Waals surface area contributed by atoms with Gasteiger partial charge in [-0.1, -0.05) is 38.7 Å². The average molecular weight is 411 g/mol. The molecule has 2 heterocycles. The zero-order chi connectivity index (χ0) is 25.9. The molecule has 2 N–H and O–H groups in total. The second-order valence-corrected chi connectivity index (χ2v) is 7.40. The third kappa shape index (κ3) is 6.61. The van der Waals surface area contributed by atoms with Crippen LogP contribution in [0, 0.1) is 0 Å². The Balaban J connectivity index is 1.84. The first kappa shape index (κ1) is 15.1. The Bertz CT molecular complexity index is 885. The summed E-state index contributed by atoms with van der Waals surface area (Å²) in [4.78, 5) is 14.1. The van der Waals surface area contributed by atoms with Gasteiger partial charge in [0.15, 0.2) is 11.5 Å². The van der Waals surface area contributed by atoms with Gasteiger partial charge in [0, 0.05) is 18.4 Å². The number of unbranched alkanes of at least 4 members (excludes halogenated alkanes) is 4. The molecule has 162 valence electrons. The van der Waals surface area contributed by atoms with Crippen LogP contribution < -0.4 is 14.8 Å². The summed E-state index contributed by atoms with van der Waals surface area (Å²) in [5.41, 5.74) is 0.00483. The molecule has 2 aliphatic heterocycles.